The second-order valence-electron chi connectivity index (χ2n) is 6.72. The van der Waals surface area contributed by atoms with Gasteiger partial charge in [0.05, 0.1) is 12.5 Å². The van der Waals surface area contributed by atoms with Crippen molar-refractivity contribution < 1.29 is 19.1 Å². The highest BCUT2D eigenvalue weighted by molar-refractivity contribution is 9.10. The second-order valence-corrected chi connectivity index (χ2v) is 7.64. The molecule has 1 unspecified atom stereocenters. The number of esters is 1. The average molecular weight is 465 g/mol. The van der Waals surface area contributed by atoms with E-state index in [-0.39, 0.29) is 6.61 Å². The molecule has 0 heterocycles. The van der Waals surface area contributed by atoms with E-state index in [9.17, 15) is 14.4 Å². The SMILES string of the molecule is CCOC(=O)C(c1cccc(Br)c1)C(C(=O)c1ccccc1)C(=O)c1ccccc1. The number of halogens is 1. The molecule has 0 fully saturated rings. The number of rotatable bonds is 8. The molecule has 0 radical (unpaired) electrons. The van der Waals surface area contributed by atoms with E-state index < -0.39 is 29.4 Å². The maximum Gasteiger partial charge on any atom is 0.314 e. The third-order valence-corrected chi connectivity index (χ3v) is 5.26. The van der Waals surface area contributed by atoms with Crippen LogP contribution < -0.4 is 0 Å². The molecule has 4 nitrogen and oxygen atoms in total. The minimum atomic E-state index is -1.25. The Kier molecular flexibility index (Phi) is 7.31. The van der Waals surface area contributed by atoms with Crippen molar-refractivity contribution in [3.05, 3.63) is 106 Å². The lowest BCUT2D eigenvalue weighted by molar-refractivity contribution is -0.145. The molecule has 0 aliphatic rings. The molecule has 0 saturated heterocycles. The predicted octanol–water partition coefficient (Wildman–Crippen LogP) is 5.48. The van der Waals surface area contributed by atoms with Gasteiger partial charge in [0, 0.05) is 15.6 Å². The fourth-order valence-corrected chi connectivity index (χ4v) is 3.80. The zero-order valence-electron chi connectivity index (χ0n) is 16.5. The molecule has 0 saturated carbocycles. The Morgan fingerprint density at radius 1 is 0.800 bits per heavy atom. The summed E-state index contributed by atoms with van der Waals surface area (Å²) in [6.45, 7) is 1.85. The molecule has 30 heavy (non-hydrogen) atoms. The number of hydrogen-bond acceptors (Lipinski definition) is 4. The first-order valence-corrected chi connectivity index (χ1v) is 10.4. The Bertz CT molecular complexity index is 980. The number of ketones is 2. The highest BCUT2D eigenvalue weighted by atomic mass is 79.9. The molecule has 0 amide bonds. The van der Waals surface area contributed by atoms with Gasteiger partial charge < -0.3 is 4.74 Å². The normalized spacial score (nSPS) is 11.7. The summed E-state index contributed by atoms with van der Waals surface area (Å²) in [4.78, 5) is 40.1. The number of carbonyl (C=O) groups excluding carboxylic acids is 3. The lowest BCUT2D eigenvalue weighted by Gasteiger charge is -2.24. The summed E-state index contributed by atoms with van der Waals surface area (Å²) in [7, 11) is 0. The number of ether oxygens (including phenoxy) is 1. The highest BCUT2D eigenvalue weighted by Gasteiger charge is 2.41. The van der Waals surface area contributed by atoms with Gasteiger partial charge in [0.15, 0.2) is 11.6 Å². The van der Waals surface area contributed by atoms with Crippen LogP contribution in [0.5, 0.6) is 0 Å². The Balaban J connectivity index is 2.17. The van der Waals surface area contributed by atoms with Gasteiger partial charge in [0.25, 0.3) is 0 Å². The molecule has 152 valence electrons. The van der Waals surface area contributed by atoms with Crippen molar-refractivity contribution in [2.45, 2.75) is 12.8 Å². The molecule has 5 heteroatoms. The van der Waals surface area contributed by atoms with Gasteiger partial charge in [0.1, 0.15) is 5.92 Å². The summed E-state index contributed by atoms with van der Waals surface area (Å²) in [5, 5.41) is 0. The van der Waals surface area contributed by atoms with Crippen LogP contribution in [0.3, 0.4) is 0 Å². The van der Waals surface area contributed by atoms with Crippen LogP contribution in [0.1, 0.15) is 39.1 Å². The van der Waals surface area contributed by atoms with Gasteiger partial charge in [-0.3, -0.25) is 14.4 Å². The van der Waals surface area contributed by atoms with Crippen molar-refractivity contribution >= 4 is 33.5 Å². The molecular formula is C25H21BrO4. The smallest absolute Gasteiger partial charge is 0.314 e. The summed E-state index contributed by atoms with van der Waals surface area (Å²) < 4.78 is 6.04. The van der Waals surface area contributed by atoms with E-state index in [1.54, 1.807) is 85.8 Å². The summed E-state index contributed by atoms with van der Waals surface area (Å²) in [5.41, 5.74) is 1.29. The quantitative estimate of drug-likeness (QED) is 0.251. The molecule has 0 aliphatic heterocycles. The van der Waals surface area contributed by atoms with Gasteiger partial charge >= 0.3 is 5.97 Å². The molecular weight excluding hydrogens is 444 g/mol. The molecule has 0 aromatic heterocycles. The zero-order valence-corrected chi connectivity index (χ0v) is 18.0. The van der Waals surface area contributed by atoms with Crippen molar-refractivity contribution in [2.24, 2.45) is 5.92 Å². The van der Waals surface area contributed by atoms with Crippen molar-refractivity contribution in [3.8, 4) is 0 Å². The van der Waals surface area contributed by atoms with E-state index in [1.165, 1.54) is 0 Å². The first-order chi connectivity index (χ1) is 14.5. The van der Waals surface area contributed by atoms with Crippen LogP contribution in [-0.2, 0) is 9.53 Å². The standard InChI is InChI=1S/C25H21BrO4/c1-2-30-25(29)21(19-14-9-15-20(26)16-19)22(23(27)17-10-5-3-6-11-17)24(28)18-12-7-4-8-13-18/h3-16,21-22H,2H2,1H3. The van der Waals surface area contributed by atoms with Crippen molar-refractivity contribution in [1.82, 2.24) is 0 Å². The van der Waals surface area contributed by atoms with Crippen LogP contribution in [0.15, 0.2) is 89.4 Å². The van der Waals surface area contributed by atoms with Gasteiger partial charge in [0.2, 0.25) is 0 Å². The van der Waals surface area contributed by atoms with E-state index in [2.05, 4.69) is 15.9 Å². The van der Waals surface area contributed by atoms with Crippen LogP contribution in [0, 0.1) is 5.92 Å². The van der Waals surface area contributed by atoms with Gasteiger partial charge in [-0.1, -0.05) is 88.7 Å². The molecule has 0 spiro atoms. The lowest BCUT2D eigenvalue weighted by Crippen LogP contribution is -2.35. The monoisotopic (exact) mass is 464 g/mol. The van der Waals surface area contributed by atoms with E-state index in [1.807, 2.05) is 6.07 Å². The summed E-state index contributed by atoms with van der Waals surface area (Å²) in [6, 6.07) is 24.2. The predicted molar refractivity (Wildman–Crippen MR) is 119 cm³/mol. The van der Waals surface area contributed by atoms with Crippen molar-refractivity contribution in [3.63, 3.8) is 0 Å². The Hall–Kier alpha value is -3.05. The molecule has 3 aromatic rings. The van der Waals surface area contributed by atoms with Gasteiger partial charge in [-0.05, 0) is 24.6 Å². The van der Waals surface area contributed by atoms with E-state index in [4.69, 9.17) is 4.74 Å². The van der Waals surface area contributed by atoms with Gasteiger partial charge in [-0.25, -0.2) is 0 Å². The Morgan fingerprint density at radius 3 is 1.80 bits per heavy atom. The minimum absolute atomic E-state index is 0.148. The number of carbonyl (C=O) groups is 3. The summed E-state index contributed by atoms with van der Waals surface area (Å²) in [6.07, 6.45) is 0. The van der Waals surface area contributed by atoms with Gasteiger partial charge in [-0.2, -0.15) is 0 Å². The average Bonchev–Trinajstić information content (AvgIpc) is 2.78. The van der Waals surface area contributed by atoms with Crippen molar-refractivity contribution in [1.29, 1.82) is 0 Å². The molecule has 0 N–H and O–H groups in total. The van der Waals surface area contributed by atoms with Crippen LogP contribution in [-0.4, -0.2) is 24.1 Å². The maximum absolute atomic E-state index is 13.5. The van der Waals surface area contributed by atoms with Crippen LogP contribution in [0.2, 0.25) is 0 Å². The third-order valence-electron chi connectivity index (χ3n) is 4.76. The largest absolute Gasteiger partial charge is 0.465 e. The van der Waals surface area contributed by atoms with E-state index >= 15 is 0 Å². The topological polar surface area (TPSA) is 60.4 Å². The Morgan fingerprint density at radius 2 is 1.33 bits per heavy atom. The first kappa shape index (κ1) is 21.7. The molecule has 3 rings (SSSR count). The van der Waals surface area contributed by atoms with E-state index in [0.717, 1.165) is 4.47 Å². The molecule has 0 aliphatic carbocycles. The fourth-order valence-electron chi connectivity index (χ4n) is 3.38. The highest BCUT2D eigenvalue weighted by Crippen LogP contribution is 2.33. The molecule has 0 bridgehead atoms. The number of Topliss-reactive ketones (excluding diaryl/α,β-unsaturated/α-hetero) is 2. The van der Waals surface area contributed by atoms with Gasteiger partial charge in [-0.15, -0.1) is 0 Å². The van der Waals surface area contributed by atoms with Crippen LogP contribution in [0.4, 0.5) is 0 Å². The first-order valence-electron chi connectivity index (χ1n) is 9.63. The zero-order chi connectivity index (χ0) is 21.5. The van der Waals surface area contributed by atoms with E-state index in [0.29, 0.717) is 16.7 Å². The van der Waals surface area contributed by atoms with Crippen molar-refractivity contribution in [2.75, 3.05) is 6.61 Å². The maximum atomic E-state index is 13.5. The minimum Gasteiger partial charge on any atom is -0.465 e. The number of hydrogen-bond donors (Lipinski definition) is 0. The third kappa shape index (κ3) is 4.92. The molecule has 1 atom stereocenters. The summed E-state index contributed by atoms with van der Waals surface area (Å²) in [5.74, 6) is -3.75. The van der Waals surface area contributed by atoms with Crippen LogP contribution >= 0.6 is 15.9 Å². The number of benzene rings is 3. The second kappa shape index (κ2) is 10.1. The van der Waals surface area contributed by atoms with Crippen LogP contribution in [0.25, 0.3) is 0 Å². The lowest BCUT2D eigenvalue weighted by atomic mass is 9.77. The summed E-state index contributed by atoms with van der Waals surface area (Å²) >= 11 is 3.41. The Labute approximate surface area is 184 Å². The molecule has 3 aromatic carbocycles. The fraction of sp³-hybridized carbons (Fsp3) is 0.160.